The van der Waals surface area contributed by atoms with Gasteiger partial charge in [0.15, 0.2) is 11.5 Å². The maximum Gasteiger partial charge on any atom is 0.161 e. The molecule has 1 heterocycles. The average molecular weight is 232 g/mol. The van der Waals surface area contributed by atoms with Gasteiger partial charge in [0.1, 0.15) is 0 Å². The number of methoxy groups -OCH3 is 2. The van der Waals surface area contributed by atoms with Crippen LogP contribution in [0.5, 0.6) is 11.5 Å². The van der Waals surface area contributed by atoms with Crippen molar-refractivity contribution >= 4 is 0 Å². The third-order valence-electron chi connectivity index (χ3n) is 3.09. The highest BCUT2D eigenvalue weighted by molar-refractivity contribution is 5.48. The lowest BCUT2D eigenvalue weighted by Crippen LogP contribution is -2.30. The summed E-state index contributed by atoms with van der Waals surface area (Å²) in [6, 6.07) is 6.24. The van der Waals surface area contributed by atoms with Gasteiger partial charge in [0.2, 0.25) is 0 Å². The molecule has 0 atom stereocenters. The summed E-state index contributed by atoms with van der Waals surface area (Å²) in [6.07, 6.45) is 0.956. The Morgan fingerprint density at radius 1 is 1.24 bits per heavy atom. The first-order chi connectivity index (χ1) is 8.28. The van der Waals surface area contributed by atoms with Crippen LogP contribution in [-0.4, -0.2) is 32.2 Å². The predicted octanol–water partition coefficient (Wildman–Crippen LogP) is 1.59. The van der Waals surface area contributed by atoms with Gasteiger partial charge in [0.05, 0.1) is 26.8 Å². The topological polar surface area (TPSA) is 45.5 Å². The molecule has 2 rings (SSSR count). The van der Waals surface area contributed by atoms with Gasteiger partial charge >= 0.3 is 0 Å². The van der Waals surface area contributed by atoms with E-state index in [4.69, 9.17) is 14.7 Å². The molecule has 0 fully saturated rings. The number of nitrogens with zero attached hydrogens (tertiary/aromatic N) is 2. The predicted molar refractivity (Wildman–Crippen MR) is 64.1 cm³/mol. The molecular formula is C13H16N2O2. The van der Waals surface area contributed by atoms with E-state index < -0.39 is 0 Å². The van der Waals surface area contributed by atoms with Crippen molar-refractivity contribution in [3.05, 3.63) is 23.3 Å². The maximum atomic E-state index is 8.71. The molecule has 0 N–H and O–H groups in total. The van der Waals surface area contributed by atoms with Gasteiger partial charge in [-0.3, -0.25) is 4.90 Å². The normalized spacial score (nSPS) is 14.9. The van der Waals surface area contributed by atoms with Crippen molar-refractivity contribution in [2.24, 2.45) is 0 Å². The Kier molecular flexibility index (Phi) is 3.50. The van der Waals surface area contributed by atoms with E-state index in [9.17, 15) is 0 Å². The molecule has 17 heavy (non-hydrogen) atoms. The van der Waals surface area contributed by atoms with Crippen LogP contribution < -0.4 is 9.47 Å². The van der Waals surface area contributed by atoms with Crippen molar-refractivity contribution in [1.29, 1.82) is 5.26 Å². The molecule has 1 aromatic rings. The number of ether oxygens (including phenoxy) is 2. The van der Waals surface area contributed by atoms with Crippen LogP contribution in [0.4, 0.5) is 0 Å². The molecule has 4 heteroatoms. The number of hydrogen-bond donors (Lipinski definition) is 0. The van der Waals surface area contributed by atoms with E-state index in [2.05, 4.69) is 11.0 Å². The Labute approximate surface area is 101 Å². The molecule has 0 radical (unpaired) electrons. The summed E-state index contributed by atoms with van der Waals surface area (Å²) in [5.74, 6) is 1.53. The summed E-state index contributed by atoms with van der Waals surface area (Å²) in [6.45, 7) is 2.22. The summed E-state index contributed by atoms with van der Waals surface area (Å²) in [5, 5.41) is 8.71. The van der Waals surface area contributed by atoms with Crippen LogP contribution in [0.3, 0.4) is 0 Å². The molecule has 0 amide bonds. The second-order valence-electron chi connectivity index (χ2n) is 4.09. The molecule has 1 aliphatic rings. The molecule has 0 aromatic heterocycles. The van der Waals surface area contributed by atoms with Gasteiger partial charge in [-0.25, -0.2) is 0 Å². The van der Waals surface area contributed by atoms with Crippen molar-refractivity contribution in [3.63, 3.8) is 0 Å². The first-order valence-electron chi connectivity index (χ1n) is 5.61. The van der Waals surface area contributed by atoms with Gasteiger partial charge in [-0.15, -0.1) is 0 Å². The highest BCUT2D eigenvalue weighted by atomic mass is 16.5. The van der Waals surface area contributed by atoms with E-state index in [1.807, 2.05) is 12.1 Å². The number of fused-ring (bicyclic) bond motifs is 1. The summed E-state index contributed by atoms with van der Waals surface area (Å²) in [4.78, 5) is 2.13. The van der Waals surface area contributed by atoms with Crippen molar-refractivity contribution in [2.45, 2.75) is 13.0 Å². The van der Waals surface area contributed by atoms with E-state index in [-0.39, 0.29) is 0 Å². The molecule has 0 aliphatic carbocycles. The zero-order valence-corrected chi connectivity index (χ0v) is 10.2. The minimum Gasteiger partial charge on any atom is -0.493 e. The third-order valence-corrected chi connectivity index (χ3v) is 3.09. The lowest BCUT2D eigenvalue weighted by atomic mass is 9.99. The molecule has 1 aliphatic heterocycles. The second kappa shape index (κ2) is 5.07. The van der Waals surface area contributed by atoms with Crippen LogP contribution in [0, 0.1) is 11.3 Å². The van der Waals surface area contributed by atoms with Gasteiger partial charge < -0.3 is 9.47 Å². The minimum atomic E-state index is 0.480. The van der Waals surface area contributed by atoms with Crippen molar-refractivity contribution in [1.82, 2.24) is 4.90 Å². The number of rotatable bonds is 3. The van der Waals surface area contributed by atoms with E-state index in [0.29, 0.717) is 6.54 Å². The van der Waals surface area contributed by atoms with Crippen molar-refractivity contribution < 1.29 is 9.47 Å². The molecule has 0 bridgehead atoms. The Bertz CT molecular complexity index is 451. The average Bonchev–Trinajstić information content (AvgIpc) is 2.37. The molecule has 0 spiro atoms. The van der Waals surface area contributed by atoms with Crippen molar-refractivity contribution in [3.8, 4) is 17.6 Å². The lowest BCUT2D eigenvalue weighted by molar-refractivity contribution is 0.282. The fourth-order valence-corrected chi connectivity index (χ4v) is 2.18. The molecule has 1 aromatic carbocycles. The molecule has 0 saturated heterocycles. The maximum absolute atomic E-state index is 8.71. The third kappa shape index (κ3) is 2.34. The zero-order valence-electron chi connectivity index (χ0n) is 10.2. The molecular weight excluding hydrogens is 216 g/mol. The Morgan fingerprint density at radius 2 is 1.88 bits per heavy atom. The summed E-state index contributed by atoms with van der Waals surface area (Å²) < 4.78 is 10.6. The quantitative estimate of drug-likeness (QED) is 0.742. The standard InChI is InChI=1S/C13H16N2O2/c1-16-12-7-10-3-5-15(6-4-14)9-11(10)8-13(12)17-2/h7-8H,3,5-6,9H2,1-2H3. The minimum absolute atomic E-state index is 0.480. The molecule has 0 saturated carbocycles. The molecule has 90 valence electrons. The Morgan fingerprint density at radius 3 is 2.47 bits per heavy atom. The van der Waals surface area contributed by atoms with Gasteiger partial charge in [-0.05, 0) is 29.7 Å². The second-order valence-corrected chi connectivity index (χ2v) is 4.09. The van der Waals surface area contributed by atoms with Crippen LogP contribution in [0.15, 0.2) is 12.1 Å². The van der Waals surface area contributed by atoms with Gasteiger partial charge in [-0.2, -0.15) is 5.26 Å². The van der Waals surface area contributed by atoms with Crippen LogP contribution in [-0.2, 0) is 13.0 Å². The Balaban J connectivity index is 2.29. The smallest absolute Gasteiger partial charge is 0.161 e. The first-order valence-corrected chi connectivity index (χ1v) is 5.61. The van der Waals surface area contributed by atoms with Gasteiger partial charge in [0.25, 0.3) is 0 Å². The number of benzene rings is 1. The molecule has 4 nitrogen and oxygen atoms in total. The van der Waals surface area contributed by atoms with Crippen LogP contribution in [0.1, 0.15) is 11.1 Å². The summed E-state index contributed by atoms with van der Waals surface area (Å²) in [7, 11) is 3.29. The zero-order chi connectivity index (χ0) is 12.3. The van der Waals surface area contributed by atoms with Crippen molar-refractivity contribution in [2.75, 3.05) is 27.3 Å². The van der Waals surface area contributed by atoms with E-state index in [1.54, 1.807) is 14.2 Å². The van der Waals surface area contributed by atoms with Crippen LogP contribution in [0.2, 0.25) is 0 Å². The van der Waals surface area contributed by atoms with E-state index >= 15 is 0 Å². The van der Waals surface area contributed by atoms with Crippen LogP contribution >= 0.6 is 0 Å². The number of hydrogen-bond acceptors (Lipinski definition) is 4. The Hall–Kier alpha value is -1.73. The van der Waals surface area contributed by atoms with E-state index in [0.717, 1.165) is 31.0 Å². The van der Waals surface area contributed by atoms with Crippen LogP contribution in [0.25, 0.3) is 0 Å². The largest absolute Gasteiger partial charge is 0.493 e. The van der Waals surface area contributed by atoms with E-state index in [1.165, 1.54) is 11.1 Å². The van der Waals surface area contributed by atoms with Gasteiger partial charge in [-0.1, -0.05) is 0 Å². The number of nitriles is 1. The highest BCUT2D eigenvalue weighted by Crippen LogP contribution is 2.33. The first kappa shape index (κ1) is 11.7. The highest BCUT2D eigenvalue weighted by Gasteiger charge is 2.18. The fourth-order valence-electron chi connectivity index (χ4n) is 2.18. The summed E-state index contributed by atoms with van der Waals surface area (Å²) >= 11 is 0. The molecule has 0 unspecified atom stereocenters. The summed E-state index contributed by atoms with van der Waals surface area (Å²) in [5.41, 5.74) is 2.51. The monoisotopic (exact) mass is 232 g/mol. The fraction of sp³-hybridized carbons (Fsp3) is 0.462. The lowest BCUT2D eigenvalue weighted by Gasteiger charge is -2.27. The SMILES string of the molecule is COc1cc2c(cc1OC)CN(CC#N)CC2. The van der Waals surface area contributed by atoms with Gasteiger partial charge in [0, 0.05) is 13.1 Å².